The zero-order chi connectivity index (χ0) is 19.5. The van der Waals surface area contributed by atoms with Crippen molar-refractivity contribution in [1.29, 1.82) is 0 Å². The third-order valence-corrected chi connectivity index (χ3v) is 5.25. The van der Waals surface area contributed by atoms with Gasteiger partial charge in [-0.15, -0.1) is 0 Å². The molecule has 1 aliphatic rings. The molecule has 0 radical (unpaired) electrons. The number of furan rings is 1. The molecule has 0 aliphatic carbocycles. The molecule has 2 heterocycles. The first-order chi connectivity index (χ1) is 13.6. The minimum atomic E-state index is -0.802. The number of para-hydroxylation sites is 1. The summed E-state index contributed by atoms with van der Waals surface area (Å²) in [6.45, 7) is 0.626. The number of halogens is 1. The normalized spacial score (nSPS) is 14.2. The maximum atomic E-state index is 13.5. The molecule has 3 aromatic rings. The Kier molecular flexibility index (Phi) is 5.30. The molecule has 1 N–H and O–H groups in total. The average molecular weight is 439 g/mol. The minimum Gasteiger partial charge on any atom is -0.444 e. The van der Waals surface area contributed by atoms with E-state index < -0.39 is 11.9 Å². The molecule has 0 unspecified atom stereocenters. The summed E-state index contributed by atoms with van der Waals surface area (Å²) in [5.41, 5.74) is 2.79. The summed E-state index contributed by atoms with van der Waals surface area (Å²) in [5, 5.41) is 2.85. The van der Waals surface area contributed by atoms with Crippen LogP contribution in [-0.4, -0.2) is 18.4 Å². The Morgan fingerprint density at radius 1 is 1.00 bits per heavy atom. The molecular formula is C22H19BrN2O3. The SMILES string of the molecule is O=C(N[C@H](C(=O)N1CCCc2ccccc21)c1ccccc1)c1ccc(Br)o1. The van der Waals surface area contributed by atoms with E-state index in [1.54, 1.807) is 17.0 Å². The van der Waals surface area contributed by atoms with Crippen LogP contribution in [0.2, 0.25) is 0 Å². The third kappa shape index (κ3) is 3.73. The Bertz CT molecular complexity index is 1000. The average Bonchev–Trinajstić information content (AvgIpc) is 3.18. The molecule has 0 spiro atoms. The van der Waals surface area contributed by atoms with Crippen LogP contribution in [-0.2, 0) is 11.2 Å². The molecular weight excluding hydrogens is 420 g/mol. The fourth-order valence-electron chi connectivity index (χ4n) is 3.49. The Hall–Kier alpha value is -2.86. The van der Waals surface area contributed by atoms with E-state index in [4.69, 9.17) is 4.42 Å². The van der Waals surface area contributed by atoms with Gasteiger partial charge in [-0.25, -0.2) is 0 Å². The second-order valence-corrected chi connectivity index (χ2v) is 7.42. The zero-order valence-corrected chi connectivity index (χ0v) is 16.7. The van der Waals surface area contributed by atoms with Crippen molar-refractivity contribution < 1.29 is 14.0 Å². The number of nitrogens with one attached hydrogen (secondary N) is 1. The number of aryl methyl sites for hydroxylation is 1. The van der Waals surface area contributed by atoms with Crippen molar-refractivity contribution in [3.05, 3.63) is 88.3 Å². The number of benzene rings is 2. The van der Waals surface area contributed by atoms with Crippen molar-refractivity contribution >= 4 is 33.4 Å². The first-order valence-electron chi connectivity index (χ1n) is 9.14. The summed E-state index contributed by atoms with van der Waals surface area (Å²) in [4.78, 5) is 28.0. The third-order valence-electron chi connectivity index (χ3n) is 4.83. The van der Waals surface area contributed by atoms with E-state index in [2.05, 4.69) is 21.2 Å². The largest absolute Gasteiger partial charge is 0.444 e. The summed E-state index contributed by atoms with van der Waals surface area (Å²) < 4.78 is 5.81. The smallest absolute Gasteiger partial charge is 0.287 e. The predicted octanol–water partition coefficient (Wildman–Crippen LogP) is 4.49. The molecule has 0 bridgehead atoms. The van der Waals surface area contributed by atoms with Gasteiger partial charge in [0, 0.05) is 12.2 Å². The van der Waals surface area contributed by atoms with Crippen molar-refractivity contribution in [2.45, 2.75) is 18.9 Å². The topological polar surface area (TPSA) is 62.6 Å². The highest BCUT2D eigenvalue weighted by Crippen LogP contribution is 2.29. The van der Waals surface area contributed by atoms with Crippen LogP contribution in [0.3, 0.4) is 0 Å². The molecule has 1 atom stereocenters. The Labute approximate surface area is 171 Å². The van der Waals surface area contributed by atoms with Gasteiger partial charge in [-0.3, -0.25) is 9.59 Å². The van der Waals surface area contributed by atoms with Gasteiger partial charge in [0.1, 0.15) is 6.04 Å². The predicted molar refractivity (Wildman–Crippen MR) is 110 cm³/mol. The van der Waals surface area contributed by atoms with Crippen LogP contribution < -0.4 is 10.2 Å². The fraction of sp³-hybridized carbons (Fsp3) is 0.182. The number of hydrogen-bond acceptors (Lipinski definition) is 3. The molecule has 2 aromatic carbocycles. The van der Waals surface area contributed by atoms with Crippen LogP contribution in [0.5, 0.6) is 0 Å². The quantitative estimate of drug-likeness (QED) is 0.652. The highest BCUT2D eigenvalue weighted by Gasteiger charge is 2.31. The van der Waals surface area contributed by atoms with Crippen LogP contribution in [0.25, 0.3) is 0 Å². The molecule has 28 heavy (non-hydrogen) atoms. The molecule has 0 saturated carbocycles. The summed E-state index contributed by atoms with van der Waals surface area (Å²) in [7, 11) is 0. The molecule has 6 heteroatoms. The lowest BCUT2D eigenvalue weighted by Gasteiger charge is -2.32. The number of hydrogen-bond donors (Lipinski definition) is 1. The van der Waals surface area contributed by atoms with Gasteiger partial charge < -0.3 is 14.6 Å². The summed E-state index contributed by atoms with van der Waals surface area (Å²) in [5.74, 6) is -0.435. The minimum absolute atomic E-state index is 0.152. The summed E-state index contributed by atoms with van der Waals surface area (Å²) >= 11 is 3.20. The van der Waals surface area contributed by atoms with Crippen molar-refractivity contribution in [2.75, 3.05) is 11.4 Å². The van der Waals surface area contributed by atoms with Gasteiger partial charge in [0.2, 0.25) is 0 Å². The zero-order valence-electron chi connectivity index (χ0n) is 15.1. The maximum Gasteiger partial charge on any atom is 0.287 e. The second kappa shape index (κ2) is 8.02. The monoisotopic (exact) mass is 438 g/mol. The maximum absolute atomic E-state index is 13.5. The van der Waals surface area contributed by atoms with Gasteiger partial charge in [0.15, 0.2) is 10.4 Å². The lowest BCUT2D eigenvalue weighted by Crippen LogP contribution is -2.45. The first kappa shape index (κ1) is 18.5. The number of carbonyl (C=O) groups is 2. The fourth-order valence-corrected chi connectivity index (χ4v) is 3.80. The highest BCUT2D eigenvalue weighted by molar-refractivity contribution is 9.10. The van der Waals surface area contributed by atoms with Crippen molar-refractivity contribution in [2.24, 2.45) is 0 Å². The summed E-state index contributed by atoms with van der Waals surface area (Å²) in [6, 6.07) is 19.6. The number of carbonyl (C=O) groups excluding carboxylic acids is 2. The van der Waals surface area contributed by atoms with Gasteiger partial charge in [-0.1, -0.05) is 48.5 Å². The van der Waals surface area contributed by atoms with Gasteiger partial charge >= 0.3 is 0 Å². The summed E-state index contributed by atoms with van der Waals surface area (Å²) in [6.07, 6.45) is 1.84. The van der Waals surface area contributed by atoms with E-state index in [1.165, 1.54) is 0 Å². The van der Waals surface area contributed by atoms with Crippen molar-refractivity contribution in [1.82, 2.24) is 5.32 Å². The molecule has 1 aromatic heterocycles. The number of nitrogens with zero attached hydrogens (tertiary/aromatic N) is 1. The standard InChI is InChI=1S/C22H19BrN2O3/c23-19-13-12-18(28-19)21(26)24-20(16-8-2-1-3-9-16)22(27)25-14-6-10-15-7-4-5-11-17(15)25/h1-5,7-9,11-13,20H,6,10,14H2,(H,24,26)/t20-/m0/s1. The number of amides is 2. The van der Waals surface area contributed by atoms with Gasteiger partial charge in [0.25, 0.3) is 11.8 Å². The van der Waals surface area contributed by atoms with E-state index in [0.717, 1.165) is 29.7 Å². The second-order valence-electron chi connectivity index (χ2n) is 6.64. The Balaban J connectivity index is 1.66. The molecule has 0 saturated heterocycles. The molecule has 142 valence electrons. The molecule has 5 nitrogen and oxygen atoms in total. The Morgan fingerprint density at radius 3 is 2.50 bits per heavy atom. The van der Waals surface area contributed by atoms with Gasteiger partial charge in [-0.2, -0.15) is 0 Å². The van der Waals surface area contributed by atoms with Gasteiger partial charge in [0.05, 0.1) is 0 Å². The first-order valence-corrected chi connectivity index (χ1v) is 9.93. The molecule has 1 aliphatic heterocycles. The van der Waals surface area contributed by atoms with E-state index in [1.807, 2.05) is 54.6 Å². The molecule has 2 amide bonds. The molecule has 4 rings (SSSR count). The van der Waals surface area contributed by atoms with E-state index in [-0.39, 0.29) is 11.7 Å². The van der Waals surface area contributed by atoms with E-state index >= 15 is 0 Å². The van der Waals surface area contributed by atoms with Crippen LogP contribution >= 0.6 is 15.9 Å². The number of fused-ring (bicyclic) bond motifs is 1. The highest BCUT2D eigenvalue weighted by atomic mass is 79.9. The van der Waals surface area contributed by atoms with Crippen LogP contribution in [0.4, 0.5) is 5.69 Å². The van der Waals surface area contributed by atoms with Crippen LogP contribution in [0.15, 0.2) is 75.8 Å². The van der Waals surface area contributed by atoms with E-state index in [0.29, 0.717) is 11.2 Å². The van der Waals surface area contributed by atoms with Crippen LogP contribution in [0.1, 0.15) is 34.1 Å². The van der Waals surface area contributed by atoms with Crippen molar-refractivity contribution in [3.8, 4) is 0 Å². The lowest BCUT2D eigenvalue weighted by molar-refractivity contribution is -0.120. The van der Waals surface area contributed by atoms with Crippen LogP contribution in [0, 0.1) is 0 Å². The lowest BCUT2D eigenvalue weighted by atomic mass is 9.99. The molecule has 0 fully saturated rings. The Morgan fingerprint density at radius 2 is 1.75 bits per heavy atom. The van der Waals surface area contributed by atoms with Crippen molar-refractivity contribution in [3.63, 3.8) is 0 Å². The van der Waals surface area contributed by atoms with Gasteiger partial charge in [-0.05, 0) is 58.1 Å². The van der Waals surface area contributed by atoms with E-state index in [9.17, 15) is 9.59 Å². The number of rotatable bonds is 4. The number of anilines is 1.